The molecule has 0 radical (unpaired) electrons. The lowest BCUT2D eigenvalue weighted by molar-refractivity contribution is 0.00315. The Balaban J connectivity index is 1.73. The molecule has 6 heteroatoms. The van der Waals surface area contributed by atoms with Crippen molar-refractivity contribution in [1.29, 1.82) is 0 Å². The van der Waals surface area contributed by atoms with Crippen molar-refractivity contribution in [3.63, 3.8) is 0 Å². The Labute approximate surface area is 200 Å². The first-order valence-electron chi connectivity index (χ1n) is 11.1. The molecule has 0 aliphatic carbocycles. The molecule has 3 rings (SSSR count). The first-order valence-corrected chi connectivity index (χ1v) is 11.9. The number of halogens is 1. The van der Waals surface area contributed by atoms with Gasteiger partial charge in [0.25, 0.3) is 0 Å². The van der Waals surface area contributed by atoms with Crippen molar-refractivity contribution in [3.05, 3.63) is 63.6 Å². The summed E-state index contributed by atoms with van der Waals surface area (Å²) in [6.45, 7) is 10.1. The normalized spacial score (nSPS) is 16.0. The summed E-state index contributed by atoms with van der Waals surface area (Å²) in [5, 5.41) is 0. The summed E-state index contributed by atoms with van der Waals surface area (Å²) in [6, 6.07) is 14.6. The third kappa shape index (κ3) is 6.04. The van der Waals surface area contributed by atoms with E-state index in [4.69, 9.17) is 14.2 Å². The molecular weight excluding hydrogens is 470 g/mol. The van der Waals surface area contributed by atoms with Gasteiger partial charge in [-0.25, -0.2) is 4.79 Å². The van der Waals surface area contributed by atoms with E-state index in [0.29, 0.717) is 26.3 Å². The number of likely N-dealkylation sites (tertiary alicyclic amines) is 1. The maximum atomic E-state index is 12.5. The molecule has 0 saturated carbocycles. The predicted octanol–water partition coefficient (Wildman–Crippen LogP) is 6.25. The molecule has 1 amide bonds. The van der Waals surface area contributed by atoms with Gasteiger partial charge in [-0.2, -0.15) is 0 Å². The minimum absolute atomic E-state index is 0.145. The molecule has 0 bridgehead atoms. The van der Waals surface area contributed by atoms with Gasteiger partial charge in [-0.3, -0.25) is 0 Å². The highest BCUT2D eigenvalue weighted by molar-refractivity contribution is 9.10. The lowest BCUT2D eigenvalue weighted by Gasteiger charge is -2.42. The van der Waals surface area contributed by atoms with Crippen molar-refractivity contribution in [1.82, 2.24) is 4.90 Å². The smallest absolute Gasteiger partial charge is 0.410 e. The zero-order valence-electron chi connectivity index (χ0n) is 19.7. The Morgan fingerprint density at radius 3 is 2.38 bits per heavy atom. The number of rotatable bonds is 6. The second-order valence-corrected chi connectivity index (χ2v) is 10.4. The Morgan fingerprint density at radius 1 is 1.12 bits per heavy atom. The highest BCUT2D eigenvalue weighted by Crippen LogP contribution is 2.37. The van der Waals surface area contributed by atoms with Crippen LogP contribution >= 0.6 is 15.9 Å². The summed E-state index contributed by atoms with van der Waals surface area (Å²) in [7, 11) is 1.69. The fourth-order valence-electron chi connectivity index (χ4n) is 4.31. The summed E-state index contributed by atoms with van der Waals surface area (Å²) in [5.41, 5.74) is 2.71. The minimum atomic E-state index is -0.491. The van der Waals surface area contributed by atoms with Gasteiger partial charge in [0.15, 0.2) is 0 Å². The van der Waals surface area contributed by atoms with Crippen LogP contribution in [0.25, 0.3) is 0 Å². The van der Waals surface area contributed by atoms with E-state index in [1.807, 2.05) is 50.8 Å². The molecule has 5 nitrogen and oxygen atoms in total. The van der Waals surface area contributed by atoms with Crippen LogP contribution in [0.15, 0.2) is 46.9 Å². The predicted molar refractivity (Wildman–Crippen MR) is 130 cm³/mol. The fraction of sp³-hybridized carbons (Fsp3) is 0.500. The monoisotopic (exact) mass is 503 g/mol. The van der Waals surface area contributed by atoms with Gasteiger partial charge >= 0.3 is 6.09 Å². The highest BCUT2D eigenvalue weighted by atomic mass is 79.9. The molecule has 1 aliphatic heterocycles. The van der Waals surface area contributed by atoms with Gasteiger partial charge in [-0.05, 0) is 63.8 Å². The number of hydrogen-bond donors (Lipinski definition) is 0. The lowest BCUT2D eigenvalue weighted by Crippen LogP contribution is -2.48. The lowest BCUT2D eigenvalue weighted by atomic mass is 9.73. The van der Waals surface area contributed by atoms with Crippen LogP contribution in [0, 0.1) is 6.92 Å². The average molecular weight is 504 g/mol. The number of nitrogens with zero attached hydrogens (tertiary/aromatic N) is 1. The van der Waals surface area contributed by atoms with Gasteiger partial charge in [0, 0.05) is 28.5 Å². The van der Waals surface area contributed by atoms with Crippen LogP contribution in [0.3, 0.4) is 0 Å². The Kier molecular flexibility index (Phi) is 7.88. The van der Waals surface area contributed by atoms with E-state index in [1.165, 1.54) is 5.56 Å². The molecule has 174 valence electrons. The molecule has 1 aliphatic rings. The van der Waals surface area contributed by atoms with Crippen LogP contribution in [0.5, 0.6) is 5.75 Å². The van der Waals surface area contributed by atoms with Crippen LogP contribution in [-0.2, 0) is 21.5 Å². The van der Waals surface area contributed by atoms with Crippen LogP contribution in [0.2, 0.25) is 0 Å². The van der Waals surface area contributed by atoms with Crippen molar-refractivity contribution in [2.24, 2.45) is 0 Å². The van der Waals surface area contributed by atoms with Crippen molar-refractivity contribution < 1.29 is 19.0 Å². The van der Waals surface area contributed by atoms with Crippen molar-refractivity contribution in [2.45, 2.75) is 58.2 Å². The van der Waals surface area contributed by atoms with Crippen LogP contribution < -0.4 is 4.74 Å². The topological polar surface area (TPSA) is 48.0 Å². The average Bonchev–Trinajstić information content (AvgIpc) is 2.73. The number of carbonyl (C=O) groups excluding carboxylic acids is 1. The SMILES string of the molecule is COc1c(C)cc(Br)cc1COCC1(c2ccccc2)CCN(C(=O)OC(C)(C)C)CC1. The van der Waals surface area contributed by atoms with Gasteiger partial charge in [0.2, 0.25) is 0 Å². The van der Waals surface area contributed by atoms with E-state index in [-0.39, 0.29) is 11.5 Å². The Bertz CT molecular complexity index is 915. The van der Waals surface area contributed by atoms with Crippen molar-refractivity contribution in [2.75, 3.05) is 26.8 Å². The Hall–Kier alpha value is -2.05. The molecule has 1 heterocycles. The van der Waals surface area contributed by atoms with E-state index in [9.17, 15) is 4.79 Å². The van der Waals surface area contributed by atoms with E-state index in [2.05, 4.69) is 40.2 Å². The van der Waals surface area contributed by atoms with Gasteiger partial charge in [0.1, 0.15) is 11.4 Å². The first kappa shape index (κ1) is 24.6. The number of benzene rings is 2. The third-order valence-corrected chi connectivity index (χ3v) is 6.37. The summed E-state index contributed by atoms with van der Waals surface area (Å²) in [4.78, 5) is 14.4. The summed E-state index contributed by atoms with van der Waals surface area (Å²) in [6.07, 6.45) is 1.41. The molecule has 2 aromatic carbocycles. The second-order valence-electron chi connectivity index (χ2n) is 9.52. The molecule has 1 saturated heterocycles. The molecule has 2 aromatic rings. The largest absolute Gasteiger partial charge is 0.496 e. The Morgan fingerprint density at radius 2 is 1.78 bits per heavy atom. The van der Waals surface area contributed by atoms with E-state index >= 15 is 0 Å². The number of hydrogen-bond acceptors (Lipinski definition) is 4. The van der Waals surface area contributed by atoms with E-state index in [0.717, 1.165) is 34.2 Å². The zero-order valence-corrected chi connectivity index (χ0v) is 21.3. The molecule has 0 unspecified atom stereocenters. The zero-order chi connectivity index (χ0) is 23.4. The third-order valence-electron chi connectivity index (χ3n) is 5.91. The minimum Gasteiger partial charge on any atom is -0.496 e. The number of piperidine rings is 1. The second kappa shape index (κ2) is 10.3. The quantitative estimate of drug-likeness (QED) is 0.467. The van der Waals surface area contributed by atoms with Crippen LogP contribution in [0.1, 0.15) is 50.3 Å². The standard InChI is InChI=1S/C26H34BrNO4/c1-19-15-22(27)16-20(23(19)30-5)17-31-18-26(21-9-7-6-8-10-21)11-13-28(14-12-26)24(29)32-25(2,3)4/h6-10,15-16H,11-14,17-18H2,1-5H3. The maximum Gasteiger partial charge on any atom is 0.410 e. The molecule has 0 aromatic heterocycles. The number of amides is 1. The molecule has 0 spiro atoms. The number of ether oxygens (including phenoxy) is 3. The summed E-state index contributed by atoms with van der Waals surface area (Å²) in [5.74, 6) is 0.863. The molecule has 32 heavy (non-hydrogen) atoms. The number of aryl methyl sites for hydroxylation is 1. The van der Waals surface area contributed by atoms with E-state index in [1.54, 1.807) is 7.11 Å². The van der Waals surface area contributed by atoms with Crippen LogP contribution in [-0.4, -0.2) is 43.4 Å². The van der Waals surface area contributed by atoms with Crippen LogP contribution in [0.4, 0.5) is 4.79 Å². The summed E-state index contributed by atoms with van der Waals surface area (Å²) < 4.78 is 18.5. The fourth-order valence-corrected chi connectivity index (χ4v) is 4.93. The van der Waals surface area contributed by atoms with E-state index < -0.39 is 5.60 Å². The van der Waals surface area contributed by atoms with Gasteiger partial charge in [0.05, 0.1) is 20.3 Å². The first-order chi connectivity index (χ1) is 15.1. The maximum absolute atomic E-state index is 12.5. The van der Waals surface area contributed by atoms with Gasteiger partial charge in [-0.15, -0.1) is 0 Å². The molecule has 0 N–H and O–H groups in total. The van der Waals surface area contributed by atoms with Crippen molar-refractivity contribution in [3.8, 4) is 5.75 Å². The highest BCUT2D eigenvalue weighted by Gasteiger charge is 2.38. The summed E-state index contributed by atoms with van der Waals surface area (Å²) >= 11 is 3.57. The van der Waals surface area contributed by atoms with Crippen molar-refractivity contribution >= 4 is 22.0 Å². The molecular formula is C26H34BrNO4. The van der Waals surface area contributed by atoms with Gasteiger partial charge in [-0.1, -0.05) is 46.3 Å². The van der Waals surface area contributed by atoms with Gasteiger partial charge < -0.3 is 19.1 Å². The number of carbonyl (C=O) groups is 1. The number of methoxy groups -OCH3 is 1. The molecule has 1 fully saturated rings. The molecule has 0 atom stereocenters.